The summed E-state index contributed by atoms with van der Waals surface area (Å²) < 4.78 is 5.20. The number of pyridine rings is 1. The zero-order valence-corrected chi connectivity index (χ0v) is 16.3. The molecule has 1 aromatic carbocycles. The van der Waals surface area contributed by atoms with Crippen molar-refractivity contribution in [1.29, 1.82) is 0 Å². The second-order valence-electron chi connectivity index (χ2n) is 6.67. The zero-order chi connectivity index (χ0) is 20.6. The number of nitrogens with one attached hydrogen (secondary N) is 2. The maximum atomic E-state index is 12.7. The number of carbonyl (C=O) groups is 2. The minimum absolute atomic E-state index is 0.0438. The molecular weight excluding hydrogens is 370 g/mol. The molecule has 0 aliphatic heterocycles. The van der Waals surface area contributed by atoms with Crippen LogP contribution in [0.1, 0.15) is 36.5 Å². The summed E-state index contributed by atoms with van der Waals surface area (Å²) in [5.74, 6) is 0.0730. The highest BCUT2D eigenvalue weighted by Crippen LogP contribution is 2.14. The van der Waals surface area contributed by atoms with Gasteiger partial charge in [0.1, 0.15) is 6.04 Å². The number of hydrogen-bond donors (Lipinski definition) is 2. The lowest BCUT2D eigenvalue weighted by Gasteiger charge is -2.23. The van der Waals surface area contributed by atoms with E-state index in [0.29, 0.717) is 11.4 Å². The summed E-state index contributed by atoms with van der Waals surface area (Å²) in [4.78, 5) is 33.4. The largest absolute Gasteiger partial charge is 0.345 e. The fourth-order valence-corrected chi connectivity index (χ4v) is 2.73. The van der Waals surface area contributed by atoms with Gasteiger partial charge < -0.3 is 15.2 Å². The van der Waals surface area contributed by atoms with Crippen LogP contribution >= 0.6 is 0 Å². The highest BCUT2D eigenvalue weighted by Gasteiger charge is 2.26. The quantitative estimate of drug-likeness (QED) is 0.609. The number of benzene rings is 1. The van der Waals surface area contributed by atoms with Crippen molar-refractivity contribution in [2.24, 2.45) is 5.92 Å². The van der Waals surface area contributed by atoms with Crippen molar-refractivity contribution < 1.29 is 14.1 Å². The van der Waals surface area contributed by atoms with Crippen molar-refractivity contribution in [3.63, 3.8) is 0 Å². The van der Waals surface area contributed by atoms with Crippen LogP contribution in [0, 0.1) is 5.92 Å². The molecule has 2 unspecified atom stereocenters. The average molecular weight is 393 g/mol. The zero-order valence-electron chi connectivity index (χ0n) is 16.3. The molecule has 0 aliphatic rings. The Morgan fingerprint density at radius 3 is 2.52 bits per heavy atom. The molecule has 8 heteroatoms. The first-order valence-electron chi connectivity index (χ1n) is 9.45. The van der Waals surface area contributed by atoms with Gasteiger partial charge in [-0.15, -0.1) is 0 Å². The molecule has 0 spiro atoms. The Morgan fingerprint density at radius 1 is 1.10 bits per heavy atom. The Labute approximate surface area is 168 Å². The average Bonchev–Trinajstić information content (AvgIpc) is 3.25. The summed E-state index contributed by atoms with van der Waals surface area (Å²) in [5.41, 5.74) is 1.28. The van der Waals surface area contributed by atoms with E-state index in [4.69, 9.17) is 4.52 Å². The number of rotatable bonds is 8. The molecule has 0 bridgehead atoms. The molecule has 0 fully saturated rings. The molecule has 2 N–H and O–H groups in total. The van der Waals surface area contributed by atoms with E-state index in [0.717, 1.165) is 12.0 Å². The molecule has 0 saturated heterocycles. The van der Waals surface area contributed by atoms with Gasteiger partial charge in [-0.2, -0.15) is 4.98 Å². The Balaban J connectivity index is 1.63. The monoisotopic (exact) mass is 393 g/mol. The van der Waals surface area contributed by atoms with Crippen molar-refractivity contribution >= 4 is 11.8 Å². The highest BCUT2D eigenvalue weighted by atomic mass is 16.5. The van der Waals surface area contributed by atoms with E-state index in [-0.39, 0.29) is 30.2 Å². The van der Waals surface area contributed by atoms with Crippen molar-refractivity contribution in [3.05, 3.63) is 66.3 Å². The lowest BCUT2D eigenvalue weighted by atomic mass is 9.98. The number of nitrogens with zero attached hydrogens (tertiary/aromatic N) is 3. The number of carbonyl (C=O) groups excluding carboxylic acids is 2. The van der Waals surface area contributed by atoms with Gasteiger partial charge in [-0.1, -0.05) is 43.6 Å². The van der Waals surface area contributed by atoms with Crippen LogP contribution in [0.5, 0.6) is 0 Å². The van der Waals surface area contributed by atoms with Gasteiger partial charge >= 0.3 is 0 Å². The molecule has 2 atom stereocenters. The van der Waals surface area contributed by atoms with E-state index in [1.165, 1.54) is 0 Å². The smallest absolute Gasteiger partial charge is 0.251 e. The lowest BCUT2D eigenvalue weighted by Crippen LogP contribution is -2.50. The fourth-order valence-electron chi connectivity index (χ4n) is 2.73. The van der Waals surface area contributed by atoms with Crippen molar-refractivity contribution in [1.82, 2.24) is 25.8 Å². The van der Waals surface area contributed by atoms with Crippen LogP contribution in [0.4, 0.5) is 0 Å². The standard InChI is InChI=1S/C21H23N5O3/c1-3-14(2)18(25-20(27)16-7-5-4-6-8-16)21(28)23-13-17-24-19(26-29-17)15-9-11-22-12-10-15/h4-12,14,18H,3,13H2,1-2H3,(H,23,28)(H,25,27). The van der Waals surface area contributed by atoms with Gasteiger partial charge in [0, 0.05) is 23.5 Å². The van der Waals surface area contributed by atoms with E-state index in [1.54, 1.807) is 48.8 Å². The molecule has 0 aliphatic carbocycles. The predicted octanol–water partition coefficient (Wildman–Crippen LogP) is 2.59. The number of amides is 2. The predicted molar refractivity (Wildman–Crippen MR) is 107 cm³/mol. The number of hydrogen-bond acceptors (Lipinski definition) is 6. The molecule has 3 aromatic rings. The molecule has 0 radical (unpaired) electrons. The highest BCUT2D eigenvalue weighted by molar-refractivity contribution is 5.97. The van der Waals surface area contributed by atoms with Gasteiger partial charge in [0.15, 0.2) is 0 Å². The van der Waals surface area contributed by atoms with E-state index in [9.17, 15) is 9.59 Å². The van der Waals surface area contributed by atoms with Gasteiger partial charge in [0.2, 0.25) is 17.6 Å². The van der Waals surface area contributed by atoms with Gasteiger partial charge in [-0.3, -0.25) is 14.6 Å². The van der Waals surface area contributed by atoms with Crippen LogP contribution < -0.4 is 10.6 Å². The fraction of sp³-hybridized carbons (Fsp3) is 0.286. The van der Waals surface area contributed by atoms with Crippen LogP contribution in [0.15, 0.2) is 59.4 Å². The Hall–Kier alpha value is -3.55. The van der Waals surface area contributed by atoms with Crippen LogP contribution in [0.25, 0.3) is 11.4 Å². The third-order valence-electron chi connectivity index (χ3n) is 4.64. The van der Waals surface area contributed by atoms with E-state index >= 15 is 0 Å². The first kappa shape index (κ1) is 20.2. The van der Waals surface area contributed by atoms with Gasteiger partial charge in [0.25, 0.3) is 5.91 Å². The topological polar surface area (TPSA) is 110 Å². The summed E-state index contributed by atoms with van der Waals surface area (Å²) in [5, 5.41) is 9.51. The van der Waals surface area contributed by atoms with Crippen LogP contribution in [-0.4, -0.2) is 33.0 Å². The molecule has 2 aromatic heterocycles. The minimum atomic E-state index is -0.671. The number of aromatic nitrogens is 3. The van der Waals surface area contributed by atoms with E-state index in [2.05, 4.69) is 25.8 Å². The maximum absolute atomic E-state index is 12.7. The maximum Gasteiger partial charge on any atom is 0.251 e. The second kappa shape index (κ2) is 9.59. The molecule has 29 heavy (non-hydrogen) atoms. The van der Waals surface area contributed by atoms with Gasteiger partial charge in [0.05, 0.1) is 6.54 Å². The summed E-state index contributed by atoms with van der Waals surface area (Å²) in [7, 11) is 0. The minimum Gasteiger partial charge on any atom is -0.345 e. The van der Waals surface area contributed by atoms with E-state index < -0.39 is 6.04 Å². The third-order valence-corrected chi connectivity index (χ3v) is 4.64. The van der Waals surface area contributed by atoms with Gasteiger partial charge in [-0.25, -0.2) is 0 Å². The summed E-state index contributed by atoms with van der Waals surface area (Å²) in [6.07, 6.45) is 4.01. The molecule has 2 heterocycles. The summed E-state index contributed by atoms with van der Waals surface area (Å²) in [6.45, 7) is 3.97. The normalized spacial score (nSPS) is 12.8. The summed E-state index contributed by atoms with van der Waals surface area (Å²) in [6, 6.07) is 11.7. The third kappa shape index (κ3) is 5.25. The lowest BCUT2D eigenvalue weighted by molar-refractivity contribution is -0.124. The van der Waals surface area contributed by atoms with Crippen molar-refractivity contribution in [2.75, 3.05) is 0 Å². The van der Waals surface area contributed by atoms with E-state index in [1.807, 2.05) is 19.9 Å². The van der Waals surface area contributed by atoms with Gasteiger partial charge in [-0.05, 0) is 30.2 Å². The van der Waals surface area contributed by atoms with Crippen LogP contribution in [-0.2, 0) is 11.3 Å². The molecule has 3 rings (SSSR count). The Bertz CT molecular complexity index is 943. The Morgan fingerprint density at radius 2 is 1.83 bits per heavy atom. The van der Waals surface area contributed by atoms with Crippen LogP contribution in [0.3, 0.4) is 0 Å². The molecule has 0 saturated carbocycles. The first-order valence-corrected chi connectivity index (χ1v) is 9.45. The second-order valence-corrected chi connectivity index (χ2v) is 6.67. The van der Waals surface area contributed by atoms with Crippen LogP contribution in [0.2, 0.25) is 0 Å². The first-order chi connectivity index (χ1) is 14.1. The van der Waals surface area contributed by atoms with Crippen molar-refractivity contribution in [3.8, 4) is 11.4 Å². The van der Waals surface area contributed by atoms with Crippen molar-refractivity contribution in [2.45, 2.75) is 32.9 Å². The molecule has 150 valence electrons. The molecule has 8 nitrogen and oxygen atoms in total. The SMILES string of the molecule is CCC(C)C(NC(=O)c1ccccc1)C(=O)NCc1nc(-c2ccncc2)no1. The molecular formula is C21H23N5O3. The Kier molecular flexibility index (Phi) is 6.67. The summed E-state index contributed by atoms with van der Waals surface area (Å²) >= 11 is 0. The molecule has 2 amide bonds.